The predicted octanol–water partition coefficient (Wildman–Crippen LogP) is 4.49. The second kappa shape index (κ2) is 6.41. The number of alkyl halides is 4. The van der Waals surface area contributed by atoms with Gasteiger partial charge in [-0.15, -0.1) is 23.2 Å². The lowest BCUT2D eigenvalue weighted by atomic mass is 10.1. The Kier molecular flexibility index (Phi) is 5.19. The number of allylic oxidation sites excluding steroid dienone is 4. The summed E-state index contributed by atoms with van der Waals surface area (Å²) < 4.78 is 3.46. The fourth-order valence-corrected chi connectivity index (χ4v) is 2.56. The molecule has 21 heavy (non-hydrogen) atoms. The number of carbonyl (C=O) groups excluding carboxylic acids is 2. The highest BCUT2D eigenvalue weighted by molar-refractivity contribution is 9.10. The predicted molar refractivity (Wildman–Crippen MR) is 89.8 cm³/mol. The normalized spacial score (nSPS) is 31.4. The van der Waals surface area contributed by atoms with Crippen molar-refractivity contribution in [1.82, 2.24) is 0 Å². The van der Waals surface area contributed by atoms with E-state index in [-0.39, 0.29) is 0 Å². The summed E-state index contributed by atoms with van der Waals surface area (Å²) >= 11 is 18.6. The molecule has 2 rings (SSSR count). The molecule has 112 valence electrons. The number of ether oxygens (including phenoxy) is 1. The lowest BCUT2D eigenvalue weighted by molar-refractivity contribution is -0.153. The zero-order chi connectivity index (χ0) is 15.7. The molecule has 0 saturated carbocycles. The number of hydrogen-bond acceptors (Lipinski definition) is 3. The van der Waals surface area contributed by atoms with Crippen LogP contribution in [0, 0.1) is 0 Å². The summed E-state index contributed by atoms with van der Waals surface area (Å²) in [4.78, 5) is 23.8. The van der Waals surface area contributed by atoms with Gasteiger partial charge in [0.15, 0.2) is 0 Å². The van der Waals surface area contributed by atoms with Gasteiger partial charge in [0.1, 0.15) is 7.57 Å². The average molecular weight is 457 g/mol. The fourth-order valence-electron chi connectivity index (χ4n) is 1.69. The third-order valence-corrected chi connectivity index (χ3v) is 4.60. The summed E-state index contributed by atoms with van der Waals surface area (Å²) in [5.41, 5.74) is 0.596. The highest BCUT2D eigenvalue weighted by Crippen LogP contribution is 2.35. The fraction of sp³-hybridized carbons (Fsp3) is 0.286. The van der Waals surface area contributed by atoms with Crippen molar-refractivity contribution in [2.24, 2.45) is 0 Å². The van der Waals surface area contributed by atoms with Crippen LogP contribution < -0.4 is 0 Å². The van der Waals surface area contributed by atoms with E-state index < -0.39 is 19.5 Å². The molecule has 0 aliphatic heterocycles. The molecule has 0 saturated heterocycles. The minimum Gasteiger partial charge on any atom is -0.386 e. The van der Waals surface area contributed by atoms with Crippen molar-refractivity contribution in [3.63, 3.8) is 0 Å². The van der Waals surface area contributed by atoms with Crippen LogP contribution in [-0.4, -0.2) is 19.5 Å². The van der Waals surface area contributed by atoms with E-state index in [0.717, 1.165) is 0 Å². The largest absolute Gasteiger partial charge is 0.386 e. The van der Waals surface area contributed by atoms with Gasteiger partial charge in [-0.25, -0.2) is 9.59 Å². The molecule has 2 unspecified atom stereocenters. The molecular formula is C14H10Br2Cl2O3. The van der Waals surface area contributed by atoms with Gasteiger partial charge < -0.3 is 4.74 Å². The molecule has 0 aromatic heterocycles. The maximum Gasteiger partial charge on any atom is 0.345 e. The maximum absolute atomic E-state index is 11.9. The van der Waals surface area contributed by atoms with Gasteiger partial charge in [-0.2, -0.15) is 0 Å². The molecule has 0 fully saturated rings. The zero-order valence-electron chi connectivity index (χ0n) is 10.6. The Hall–Kier alpha value is -0.360. The van der Waals surface area contributed by atoms with Crippen molar-refractivity contribution < 1.29 is 14.3 Å². The molecule has 2 aliphatic rings. The van der Waals surface area contributed by atoms with Gasteiger partial charge in [-0.05, 0) is 25.0 Å². The van der Waals surface area contributed by atoms with E-state index >= 15 is 0 Å². The van der Waals surface area contributed by atoms with E-state index in [1.165, 1.54) is 12.2 Å². The monoisotopic (exact) mass is 454 g/mol. The first-order chi connectivity index (χ1) is 9.69. The third kappa shape index (κ3) is 4.81. The molecule has 3 nitrogen and oxygen atoms in total. The minimum atomic E-state index is -0.702. The van der Waals surface area contributed by atoms with Gasteiger partial charge in [0.05, 0.1) is 11.1 Å². The standard InChI is InChI=1S/C14H10Br2Cl2O3/c15-13(17)5-1-9(2-6-13)11(19)21-12(20)10-3-7-14(16,18)8-4-10/h1-5,7H,6,8H2. The summed E-state index contributed by atoms with van der Waals surface area (Å²) in [6.07, 6.45) is 10.4. The summed E-state index contributed by atoms with van der Waals surface area (Å²) in [6, 6.07) is 0. The van der Waals surface area contributed by atoms with Crippen molar-refractivity contribution in [2.45, 2.75) is 20.4 Å². The van der Waals surface area contributed by atoms with E-state index in [4.69, 9.17) is 27.9 Å². The Labute approximate surface area is 148 Å². The zero-order valence-corrected chi connectivity index (χ0v) is 15.3. The second-order valence-corrected chi connectivity index (χ2v) is 9.69. The van der Waals surface area contributed by atoms with Gasteiger partial charge in [-0.3, -0.25) is 0 Å². The van der Waals surface area contributed by atoms with Gasteiger partial charge in [0.25, 0.3) is 0 Å². The number of hydrogen-bond donors (Lipinski definition) is 0. The van der Waals surface area contributed by atoms with Gasteiger partial charge in [0, 0.05) is 0 Å². The van der Waals surface area contributed by atoms with Crippen LogP contribution >= 0.6 is 55.1 Å². The smallest absolute Gasteiger partial charge is 0.345 e. The Morgan fingerprint density at radius 3 is 1.62 bits per heavy atom. The van der Waals surface area contributed by atoms with Gasteiger partial charge in [0.2, 0.25) is 0 Å². The minimum absolute atomic E-state index is 0.298. The van der Waals surface area contributed by atoms with E-state index in [1.807, 2.05) is 0 Å². The molecule has 0 amide bonds. The quantitative estimate of drug-likeness (QED) is 0.349. The molecule has 0 aromatic carbocycles. The van der Waals surface area contributed by atoms with Crippen LogP contribution in [0.1, 0.15) is 12.8 Å². The van der Waals surface area contributed by atoms with Gasteiger partial charge in [-0.1, -0.05) is 56.2 Å². The molecular weight excluding hydrogens is 447 g/mol. The van der Waals surface area contributed by atoms with Crippen molar-refractivity contribution in [3.8, 4) is 0 Å². The van der Waals surface area contributed by atoms with Crippen molar-refractivity contribution in [3.05, 3.63) is 47.6 Å². The van der Waals surface area contributed by atoms with E-state index in [1.54, 1.807) is 24.3 Å². The van der Waals surface area contributed by atoms with Crippen LogP contribution in [0.4, 0.5) is 0 Å². The summed E-state index contributed by atoms with van der Waals surface area (Å²) in [5, 5.41) is 0. The van der Waals surface area contributed by atoms with Crippen molar-refractivity contribution in [2.75, 3.05) is 0 Å². The van der Waals surface area contributed by atoms with Crippen molar-refractivity contribution in [1.29, 1.82) is 0 Å². The first kappa shape index (κ1) is 17.0. The highest BCUT2D eigenvalue weighted by atomic mass is 79.9. The molecule has 0 aromatic rings. The lowest BCUT2D eigenvalue weighted by Gasteiger charge is -2.18. The molecule has 0 heterocycles. The topological polar surface area (TPSA) is 43.4 Å². The Balaban J connectivity index is 1.97. The first-order valence-electron chi connectivity index (χ1n) is 5.99. The average Bonchev–Trinajstić information content (AvgIpc) is 2.38. The molecule has 7 heteroatoms. The number of rotatable bonds is 2. The Bertz CT molecular complexity index is 549. The van der Waals surface area contributed by atoms with Gasteiger partial charge >= 0.3 is 11.9 Å². The molecule has 0 N–H and O–H groups in total. The third-order valence-electron chi connectivity index (χ3n) is 2.86. The summed E-state index contributed by atoms with van der Waals surface area (Å²) in [7, 11) is 0. The maximum atomic E-state index is 11.9. The summed E-state index contributed by atoms with van der Waals surface area (Å²) in [5.74, 6) is -1.40. The molecule has 0 bridgehead atoms. The number of halogens is 4. The number of carbonyl (C=O) groups is 2. The molecule has 2 atom stereocenters. The highest BCUT2D eigenvalue weighted by Gasteiger charge is 2.27. The van der Waals surface area contributed by atoms with E-state index in [2.05, 4.69) is 31.9 Å². The van der Waals surface area contributed by atoms with Crippen LogP contribution in [0.25, 0.3) is 0 Å². The van der Waals surface area contributed by atoms with Crippen LogP contribution in [0.3, 0.4) is 0 Å². The first-order valence-corrected chi connectivity index (χ1v) is 8.34. The van der Waals surface area contributed by atoms with Crippen LogP contribution in [0.2, 0.25) is 0 Å². The van der Waals surface area contributed by atoms with Crippen molar-refractivity contribution >= 4 is 67.0 Å². The van der Waals surface area contributed by atoms with Crippen LogP contribution in [0.15, 0.2) is 47.6 Å². The lowest BCUT2D eigenvalue weighted by Crippen LogP contribution is -2.20. The summed E-state index contributed by atoms with van der Waals surface area (Å²) in [6.45, 7) is 0. The molecule has 0 radical (unpaired) electrons. The molecule has 2 aliphatic carbocycles. The SMILES string of the molecule is O=C(OC(=O)C1=CCC(Cl)(Br)C=C1)C1=CCC(Cl)(Br)C=C1. The Morgan fingerprint density at radius 1 is 0.952 bits per heavy atom. The van der Waals surface area contributed by atoms with E-state index in [0.29, 0.717) is 24.0 Å². The number of esters is 2. The van der Waals surface area contributed by atoms with E-state index in [9.17, 15) is 9.59 Å². The van der Waals surface area contributed by atoms with Crippen LogP contribution in [-0.2, 0) is 14.3 Å². The van der Waals surface area contributed by atoms with Crippen LogP contribution in [0.5, 0.6) is 0 Å². The second-order valence-electron chi connectivity index (χ2n) is 4.59. The Morgan fingerprint density at radius 2 is 1.33 bits per heavy atom. The molecule has 0 spiro atoms.